The molecule has 0 atom stereocenters. The number of hydrazine groups is 1. The molecule has 10 heteroatoms. The molecular weight excluding hydrogens is 514 g/mol. The van der Waals surface area contributed by atoms with Crippen molar-refractivity contribution in [2.45, 2.75) is 19.6 Å². The van der Waals surface area contributed by atoms with E-state index in [9.17, 15) is 4.79 Å². The van der Waals surface area contributed by atoms with E-state index in [1.54, 1.807) is 23.5 Å². The zero-order valence-electron chi connectivity index (χ0n) is 19.7. The summed E-state index contributed by atoms with van der Waals surface area (Å²) in [7, 11) is 0. The highest BCUT2D eigenvalue weighted by molar-refractivity contribution is 8.00. The molecule has 0 aliphatic carbocycles. The Balaban J connectivity index is 1.38. The molecule has 1 amide bonds. The Hall–Kier alpha value is -4.38. The third-order valence-corrected chi connectivity index (χ3v) is 8.51. The number of para-hydroxylation sites is 4. The van der Waals surface area contributed by atoms with Crippen molar-refractivity contribution in [2.75, 3.05) is 10.6 Å². The van der Waals surface area contributed by atoms with Crippen molar-refractivity contribution in [3.63, 3.8) is 0 Å². The first-order valence-corrected chi connectivity index (χ1v) is 13.4. The van der Waals surface area contributed by atoms with Gasteiger partial charge in [0.15, 0.2) is 11.6 Å². The van der Waals surface area contributed by atoms with E-state index >= 15 is 0 Å². The molecule has 5 aromatic rings. The number of nitrogens with two attached hydrogens (primary N) is 1. The Kier molecular flexibility index (Phi) is 5.50. The molecule has 7 rings (SSSR count). The van der Waals surface area contributed by atoms with Crippen molar-refractivity contribution in [1.82, 2.24) is 20.4 Å². The van der Waals surface area contributed by atoms with E-state index in [1.165, 1.54) is 0 Å². The number of amides is 1. The monoisotopic (exact) mass is 533 g/mol. The summed E-state index contributed by atoms with van der Waals surface area (Å²) >= 11 is 3.35. The number of carbonyl (C=O) groups excluding carboxylic acids is 1. The van der Waals surface area contributed by atoms with Crippen LogP contribution in [0.1, 0.15) is 10.6 Å². The quantitative estimate of drug-likeness (QED) is 0.119. The van der Waals surface area contributed by atoms with Gasteiger partial charge in [-0.05, 0) is 48.5 Å². The van der Waals surface area contributed by atoms with Crippen molar-refractivity contribution >= 4 is 52.2 Å². The lowest BCUT2D eigenvalue weighted by atomic mass is 10.1. The number of nitrogen functional groups attached to an aromatic ring is 1. The van der Waals surface area contributed by atoms with Crippen molar-refractivity contribution in [3.05, 3.63) is 90.8 Å². The average Bonchev–Trinajstić information content (AvgIpc) is 2.97. The predicted molar refractivity (Wildman–Crippen MR) is 150 cm³/mol. The van der Waals surface area contributed by atoms with Crippen molar-refractivity contribution < 1.29 is 4.79 Å². The van der Waals surface area contributed by atoms with Crippen LogP contribution in [-0.2, 0) is 0 Å². The highest BCUT2D eigenvalue weighted by atomic mass is 32.2. The van der Waals surface area contributed by atoms with Crippen LogP contribution in [0.15, 0.2) is 105 Å². The largest absolute Gasteiger partial charge is 0.353 e. The first-order chi connectivity index (χ1) is 18.7. The molecular formula is C28H19N7OS2. The van der Waals surface area contributed by atoms with E-state index in [-0.39, 0.29) is 5.82 Å². The Labute approximate surface area is 226 Å². The summed E-state index contributed by atoms with van der Waals surface area (Å²) < 4.78 is 0. The average molecular weight is 534 g/mol. The van der Waals surface area contributed by atoms with Crippen LogP contribution in [0.4, 0.5) is 22.7 Å². The molecule has 184 valence electrons. The van der Waals surface area contributed by atoms with Gasteiger partial charge in [0.05, 0.1) is 22.7 Å². The van der Waals surface area contributed by atoms with Gasteiger partial charge < -0.3 is 10.6 Å². The second-order valence-electron chi connectivity index (χ2n) is 8.58. The lowest BCUT2D eigenvalue weighted by Gasteiger charge is -2.24. The summed E-state index contributed by atoms with van der Waals surface area (Å²) in [6.07, 6.45) is 0. The number of hydrogen-bond acceptors (Lipinski definition) is 9. The van der Waals surface area contributed by atoms with Crippen molar-refractivity contribution in [2.24, 2.45) is 5.84 Å². The molecule has 0 saturated heterocycles. The molecule has 0 spiro atoms. The Morgan fingerprint density at radius 3 is 1.61 bits per heavy atom. The molecule has 4 aromatic carbocycles. The van der Waals surface area contributed by atoms with Gasteiger partial charge >= 0.3 is 5.91 Å². The van der Waals surface area contributed by atoms with E-state index in [2.05, 4.69) is 38.2 Å². The van der Waals surface area contributed by atoms with Gasteiger partial charge in [-0.15, -0.1) is 0 Å². The van der Waals surface area contributed by atoms with Gasteiger partial charge in [0.25, 0.3) is 0 Å². The fourth-order valence-corrected chi connectivity index (χ4v) is 6.51. The summed E-state index contributed by atoms with van der Waals surface area (Å²) in [5.74, 6) is 5.57. The van der Waals surface area contributed by atoms with Gasteiger partial charge in [0, 0.05) is 30.7 Å². The molecule has 3 heterocycles. The second kappa shape index (κ2) is 9.18. The third kappa shape index (κ3) is 3.86. The summed E-state index contributed by atoms with van der Waals surface area (Å²) in [6.45, 7) is 0. The number of nitrogens with zero attached hydrogens (tertiary/aromatic N) is 3. The fourth-order valence-electron chi connectivity index (χ4n) is 4.47. The van der Waals surface area contributed by atoms with Crippen LogP contribution >= 0.6 is 23.5 Å². The fraction of sp³-hybridized carbons (Fsp3) is 0. The number of aromatic nitrogens is 3. The summed E-state index contributed by atoms with van der Waals surface area (Å²) in [4.78, 5) is 30.9. The molecule has 0 radical (unpaired) electrons. The lowest BCUT2D eigenvalue weighted by molar-refractivity contribution is 0.0943. The predicted octanol–water partition coefficient (Wildman–Crippen LogP) is 6.23. The molecule has 8 nitrogen and oxygen atoms in total. The van der Waals surface area contributed by atoms with Gasteiger partial charge in [-0.1, -0.05) is 59.9 Å². The zero-order chi connectivity index (χ0) is 25.6. The Morgan fingerprint density at radius 2 is 1.11 bits per heavy atom. The first-order valence-electron chi connectivity index (χ1n) is 11.8. The minimum absolute atomic E-state index is 0.0598. The van der Waals surface area contributed by atoms with Crippen molar-refractivity contribution in [1.29, 1.82) is 0 Å². The SMILES string of the molecule is NNC(=O)c1nc(-c2cccc3c2Nc2ccccc2S3)nc(-c2cccc3c2Nc2ccccc2S3)n1. The van der Waals surface area contributed by atoms with Gasteiger partial charge in [0.2, 0.25) is 5.82 Å². The Bertz CT molecular complexity index is 1640. The normalized spacial score (nSPS) is 12.7. The van der Waals surface area contributed by atoms with Gasteiger partial charge in [-0.3, -0.25) is 10.2 Å². The molecule has 2 aliphatic heterocycles. The summed E-state index contributed by atoms with van der Waals surface area (Å²) in [6, 6.07) is 28.1. The lowest BCUT2D eigenvalue weighted by Crippen LogP contribution is -2.32. The molecule has 0 fully saturated rings. The van der Waals surface area contributed by atoms with E-state index in [0.717, 1.165) is 53.5 Å². The van der Waals surface area contributed by atoms with Crippen LogP contribution in [0.3, 0.4) is 0 Å². The zero-order valence-corrected chi connectivity index (χ0v) is 21.4. The van der Waals surface area contributed by atoms with Gasteiger partial charge in [0.1, 0.15) is 0 Å². The number of benzene rings is 4. The highest BCUT2D eigenvalue weighted by Gasteiger charge is 2.25. The van der Waals surface area contributed by atoms with E-state index in [4.69, 9.17) is 10.8 Å². The maximum Gasteiger partial charge on any atom is 0.303 e. The maximum atomic E-state index is 12.7. The molecule has 1 aromatic heterocycles. The minimum Gasteiger partial charge on any atom is -0.353 e. The number of rotatable bonds is 3. The molecule has 0 unspecified atom stereocenters. The molecule has 0 saturated carbocycles. The highest BCUT2D eigenvalue weighted by Crippen LogP contribution is 2.49. The number of nitrogens with one attached hydrogen (secondary N) is 3. The minimum atomic E-state index is -0.593. The number of fused-ring (bicyclic) bond motifs is 4. The van der Waals surface area contributed by atoms with Crippen molar-refractivity contribution in [3.8, 4) is 22.8 Å². The molecule has 2 aliphatic rings. The van der Waals surface area contributed by atoms with Gasteiger partial charge in [-0.25, -0.2) is 20.8 Å². The standard InChI is InChI=1S/C28H19N7OS2/c29-35-28(36)27-33-25(15-7-5-13-21-23(15)30-17-9-1-3-11-19(17)37-21)32-26(34-27)16-8-6-14-22-24(16)31-18-10-2-4-12-20(18)38-22/h1-14,30-31H,29H2,(H,35,36). The van der Waals surface area contributed by atoms with E-state index in [1.807, 2.05) is 72.8 Å². The van der Waals surface area contributed by atoms with Gasteiger partial charge in [-0.2, -0.15) is 0 Å². The van der Waals surface area contributed by atoms with Crippen LogP contribution in [0.5, 0.6) is 0 Å². The number of anilines is 4. The van der Waals surface area contributed by atoms with Crippen LogP contribution in [0, 0.1) is 0 Å². The van der Waals surface area contributed by atoms with Crippen LogP contribution in [0.2, 0.25) is 0 Å². The van der Waals surface area contributed by atoms with Crippen LogP contribution in [-0.4, -0.2) is 20.9 Å². The summed E-state index contributed by atoms with van der Waals surface area (Å²) in [5.41, 5.74) is 7.45. The third-order valence-electron chi connectivity index (χ3n) is 6.24. The molecule has 38 heavy (non-hydrogen) atoms. The maximum absolute atomic E-state index is 12.7. The topological polar surface area (TPSA) is 118 Å². The smallest absolute Gasteiger partial charge is 0.303 e. The Morgan fingerprint density at radius 1 is 0.632 bits per heavy atom. The van der Waals surface area contributed by atoms with E-state index < -0.39 is 5.91 Å². The number of hydrogen-bond donors (Lipinski definition) is 4. The second-order valence-corrected chi connectivity index (χ2v) is 10.8. The number of carbonyl (C=O) groups is 1. The summed E-state index contributed by atoms with van der Waals surface area (Å²) in [5, 5.41) is 7.06. The van der Waals surface area contributed by atoms with Crippen LogP contribution < -0.4 is 21.9 Å². The first kappa shape index (κ1) is 22.8. The van der Waals surface area contributed by atoms with E-state index in [0.29, 0.717) is 11.6 Å². The molecule has 0 bridgehead atoms. The van der Waals surface area contributed by atoms with Crippen LogP contribution in [0.25, 0.3) is 22.8 Å². The molecule has 5 N–H and O–H groups in total.